The number of carbonyl (C=O) groups excluding carboxylic acids is 1. The van der Waals surface area contributed by atoms with Crippen molar-refractivity contribution in [1.29, 1.82) is 0 Å². The largest absolute Gasteiger partial charge is 0.442 e. The zero-order chi connectivity index (χ0) is 12.3. The molecule has 0 heterocycles. The van der Waals surface area contributed by atoms with Gasteiger partial charge in [-0.1, -0.05) is 6.42 Å². The van der Waals surface area contributed by atoms with Crippen LogP contribution in [0, 0.1) is 5.92 Å². The summed E-state index contributed by atoms with van der Waals surface area (Å²) in [4.78, 5) is 15.3. The minimum Gasteiger partial charge on any atom is -0.442 e. The van der Waals surface area contributed by atoms with Gasteiger partial charge in [0.25, 0.3) is 0 Å². The first-order chi connectivity index (χ1) is 7.29. The molecule has 0 saturated heterocycles. The van der Waals surface area contributed by atoms with E-state index in [1.54, 1.807) is 6.92 Å². The Balaban J connectivity index is 2.51. The Kier molecular flexibility index (Phi) is 4.08. The van der Waals surface area contributed by atoms with Gasteiger partial charge in [0.1, 0.15) is 5.60 Å². The van der Waals surface area contributed by atoms with Crippen molar-refractivity contribution in [2.24, 2.45) is 16.6 Å². The number of amides is 1. The van der Waals surface area contributed by atoms with Crippen LogP contribution in [0.3, 0.4) is 0 Å². The third-order valence-corrected chi connectivity index (χ3v) is 2.80. The molecule has 92 valence electrons. The highest BCUT2D eigenvalue weighted by Crippen LogP contribution is 2.29. The minimum absolute atomic E-state index is 0.0960. The second-order valence-corrected chi connectivity index (χ2v) is 5.45. The number of hydrogen-bond donors (Lipinski definition) is 1. The van der Waals surface area contributed by atoms with Crippen LogP contribution in [0.15, 0.2) is 4.99 Å². The minimum atomic E-state index is -0.542. The zero-order valence-electron chi connectivity index (χ0n) is 10.6. The summed E-state index contributed by atoms with van der Waals surface area (Å²) < 4.78 is 5.11. The Labute approximate surface area is 97.3 Å². The molecule has 0 spiro atoms. The lowest BCUT2D eigenvalue weighted by atomic mass is 9.78. The Morgan fingerprint density at radius 2 is 2.00 bits per heavy atom. The predicted octanol–water partition coefficient (Wildman–Crippen LogP) is 2.51. The Hall–Kier alpha value is -0.900. The molecule has 16 heavy (non-hydrogen) atoms. The van der Waals surface area contributed by atoms with Gasteiger partial charge >= 0.3 is 6.09 Å². The van der Waals surface area contributed by atoms with Gasteiger partial charge < -0.3 is 10.5 Å². The number of carbonyl (C=O) groups is 1. The molecule has 0 radical (unpaired) electrons. The zero-order valence-corrected chi connectivity index (χ0v) is 10.6. The van der Waals surface area contributed by atoms with Crippen molar-refractivity contribution in [3.05, 3.63) is 0 Å². The van der Waals surface area contributed by atoms with E-state index in [0.717, 1.165) is 12.8 Å². The summed E-state index contributed by atoms with van der Waals surface area (Å²) in [5, 5.41) is 0. The molecule has 1 aliphatic rings. The van der Waals surface area contributed by atoms with Crippen molar-refractivity contribution in [3.8, 4) is 0 Å². The van der Waals surface area contributed by atoms with Gasteiger partial charge in [-0.15, -0.1) is 0 Å². The van der Waals surface area contributed by atoms with E-state index in [2.05, 4.69) is 4.99 Å². The van der Waals surface area contributed by atoms with Gasteiger partial charge in [-0.2, -0.15) is 4.99 Å². The normalized spacial score (nSPS) is 20.2. The van der Waals surface area contributed by atoms with Crippen molar-refractivity contribution in [2.75, 3.05) is 0 Å². The molecule has 1 rings (SSSR count). The first-order valence-corrected chi connectivity index (χ1v) is 5.83. The second kappa shape index (κ2) is 4.95. The number of ether oxygens (including phenoxy) is 1. The molecule has 4 heteroatoms. The van der Waals surface area contributed by atoms with Gasteiger partial charge in [0, 0.05) is 11.8 Å². The van der Waals surface area contributed by atoms with Crippen molar-refractivity contribution < 1.29 is 9.53 Å². The van der Waals surface area contributed by atoms with Crippen molar-refractivity contribution >= 4 is 11.8 Å². The predicted molar refractivity (Wildman–Crippen MR) is 64.7 cm³/mol. The van der Waals surface area contributed by atoms with E-state index in [1.165, 1.54) is 6.42 Å². The Bertz CT molecular complexity index is 288. The molecule has 0 aliphatic heterocycles. The van der Waals surface area contributed by atoms with Crippen LogP contribution in [0.2, 0.25) is 0 Å². The van der Waals surface area contributed by atoms with Gasteiger partial charge in [0.05, 0.1) is 0 Å². The van der Waals surface area contributed by atoms with Crippen molar-refractivity contribution in [1.82, 2.24) is 0 Å². The SMILES string of the molecule is CC(=NC(=O)OC(C)(C)C)[C@H](N)C1CCC1. The molecule has 0 aromatic heterocycles. The molecule has 0 bridgehead atoms. The smallest absolute Gasteiger partial charge is 0.434 e. The Morgan fingerprint density at radius 1 is 1.44 bits per heavy atom. The lowest BCUT2D eigenvalue weighted by Gasteiger charge is -2.31. The summed E-state index contributed by atoms with van der Waals surface area (Å²) in [5.74, 6) is 0.492. The fourth-order valence-electron chi connectivity index (χ4n) is 1.64. The highest BCUT2D eigenvalue weighted by molar-refractivity contribution is 5.95. The number of hydrogen-bond acceptors (Lipinski definition) is 3. The third-order valence-electron chi connectivity index (χ3n) is 2.80. The molecule has 1 amide bonds. The van der Waals surface area contributed by atoms with Crippen LogP contribution in [0.4, 0.5) is 4.79 Å². The monoisotopic (exact) mass is 226 g/mol. The molecule has 4 nitrogen and oxygen atoms in total. The van der Waals surface area contributed by atoms with Crippen molar-refractivity contribution in [3.63, 3.8) is 0 Å². The standard InChI is InChI=1S/C12H22N2O2/c1-8(10(13)9-6-5-7-9)14-11(15)16-12(2,3)4/h9-10H,5-7,13H2,1-4H3/t10-/m0/s1. The fourth-order valence-corrected chi connectivity index (χ4v) is 1.64. The number of nitrogens with zero attached hydrogens (tertiary/aromatic N) is 1. The van der Waals surface area contributed by atoms with Crippen LogP contribution in [-0.2, 0) is 4.74 Å². The summed E-state index contributed by atoms with van der Waals surface area (Å²) >= 11 is 0. The van der Waals surface area contributed by atoms with Crippen LogP contribution in [-0.4, -0.2) is 23.4 Å². The second-order valence-electron chi connectivity index (χ2n) is 5.45. The average Bonchev–Trinajstić information content (AvgIpc) is 1.96. The van der Waals surface area contributed by atoms with E-state index in [9.17, 15) is 4.79 Å². The van der Waals surface area contributed by atoms with Crippen LogP contribution >= 0.6 is 0 Å². The highest BCUT2D eigenvalue weighted by Gasteiger charge is 2.27. The summed E-state index contributed by atoms with van der Waals surface area (Å²) in [6, 6.07) is -0.0960. The average molecular weight is 226 g/mol. The third kappa shape index (κ3) is 3.93. The first kappa shape index (κ1) is 13.2. The quantitative estimate of drug-likeness (QED) is 0.736. The molecule has 0 aromatic carbocycles. The van der Waals surface area contributed by atoms with Gasteiger partial charge in [-0.3, -0.25) is 0 Å². The molecular weight excluding hydrogens is 204 g/mol. The van der Waals surface area contributed by atoms with E-state index in [1.807, 2.05) is 20.8 Å². The Morgan fingerprint density at radius 3 is 2.38 bits per heavy atom. The maximum Gasteiger partial charge on any atom is 0.434 e. The van der Waals surface area contributed by atoms with Crippen LogP contribution in [0.1, 0.15) is 47.0 Å². The van der Waals surface area contributed by atoms with Gasteiger partial charge in [-0.05, 0) is 46.5 Å². The van der Waals surface area contributed by atoms with Gasteiger partial charge in [0.15, 0.2) is 0 Å². The molecular formula is C12H22N2O2. The number of nitrogens with two attached hydrogens (primary N) is 1. The van der Waals surface area contributed by atoms with E-state index in [-0.39, 0.29) is 6.04 Å². The summed E-state index contributed by atoms with van der Waals surface area (Å²) in [6.07, 6.45) is 2.97. The topological polar surface area (TPSA) is 64.7 Å². The fraction of sp³-hybridized carbons (Fsp3) is 0.833. The summed E-state index contributed by atoms with van der Waals surface area (Å²) in [6.45, 7) is 7.26. The summed E-state index contributed by atoms with van der Waals surface area (Å²) in [5.41, 5.74) is 6.18. The summed E-state index contributed by atoms with van der Waals surface area (Å²) in [7, 11) is 0. The van der Waals surface area contributed by atoms with Crippen LogP contribution < -0.4 is 5.73 Å². The molecule has 0 aromatic rings. The molecule has 1 fully saturated rings. The van der Waals surface area contributed by atoms with E-state index >= 15 is 0 Å². The molecule has 1 atom stereocenters. The van der Waals surface area contributed by atoms with Gasteiger partial charge in [0.2, 0.25) is 0 Å². The molecule has 2 N–H and O–H groups in total. The lowest BCUT2D eigenvalue weighted by Crippen LogP contribution is -2.40. The number of aliphatic imine (C=N–C) groups is 1. The first-order valence-electron chi connectivity index (χ1n) is 5.83. The lowest BCUT2D eigenvalue weighted by molar-refractivity contribution is 0.0603. The molecule has 1 saturated carbocycles. The maximum absolute atomic E-state index is 11.4. The van der Waals surface area contributed by atoms with Crippen molar-refractivity contribution in [2.45, 2.75) is 58.6 Å². The van der Waals surface area contributed by atoms with Gasteiger partial charge in [-0.25, -0.2) is 4.79 Å². The molecule has 1 aliphatic carbocycles. The highest BCUT2D eigenvalue weighted by atomic mass is 16.6. The molecule has 0 unspecified atom stereocenters. The van der Waals surface area contributed by atoms with Crippen LogP contribution in [0.25, 0.3) is 0 Å². The maximum atomic E-state index is 11.4. The van der Waals surface area contributed by atoms with E-state index < -0.39 is 11.7 Å². The number of rotatable bonds is 2. The van der Waals surface area contributed by atoms with E-state index in [0.29, 0.717) is 11.6 Å². The van der Waals surface area contributed by atoms with Crippen LogP contribution in [0.5, 0.6) is 0 Å². The van der Waals surface area contributed by atoms with E-state index in [4.69, 9.17) is 10.5 Å².